The minimum absolute atomic E-state index is 0.00892. The van der Waals surface area contributed by atoms with Gasteiger partial charge in [0.25, 0.3) is 0 Å². The number of halogens is 1. The number of aromatic nitrogens is 2. The molecule has 2 aromatic rings. The summed E-state index contributed by atoms with van der Waals surface area (Å²) in [5, 5.41) is 13.2. The third kappa shape index (κ3) is 3.19. The minimum atomic E-state index is -1.06. The van der Waals surface area contributed by atoms with Crippen molar-refractivity contribution in [3.05, 3.63) is 28.4 Å². The molecule has 1 saturated carbocycles. The quantitative estimate of drug-likeness (QED) is 0.831. The van der Waals surface area contributed by atoms with Gasteiger partial charge in [-0.1, -0.05) is 0 Å². The van der Waals surface area contributed by atoms with Crippen molar-refractivity contribution < 1.29 is 19.4 Å². The molecule has 0 bridgehead atoms. The lowest BCUT2D eigenvalue weighted by Crippen LogP contribution is -2.04. The Morgan fingerprint density at radius 3 is 2.78 bits per heavy atom. The maximum atomic E-state index is 11.2. The van der Waals surface area contributed by atoms with Crippen LogP contribution in [0.25, 0.3) is 11.3 Å². The van der Waals surface area contributed by atoms with Crippen LogP contribution < -0.4 is 9.47 Å². The lowest BCUT2D eigenvalue weighted by atomic mass is 10.1. The smallest absolute Gasteiger partial charge is 0.356 e. The number of methoxy groups -OCH3 is 1. The summed E-state index contributed by atoms with van der Waals surface area (Å²) in [5.41, 5.74) is 1.39. The Bertz CT molecular complexity index is 753. The molecule has 23 heavy (non-hydrogen) atoms. The first kappa shape index (κ1) is 15.9. The lowest BCUT2D eigenvalue weighted by molar-refractivity contribution is 0.0689. The van der Waals surface area contributed by atoms with Gasteiger partial charge in [0, 0.05) is 11.5 Å². The summed E-state index contributed by atoms with van der Waals surface area (Å²) in [7, 11) is 3.29. The topological polar surface area (TPSA) is 73.6 Å². The SMILES string of the molecule is COc1ccc(Br)c(-c2cc(C(=O)O)nn2C)c1OCC1CC1. The average molecular weight is 381 g/mol. The van der Waals surface area contributed by atoms with Gasteiger partial charge in [0.2, 0.25) is 0 Å². The second-order valence-corrected chi connectivity index (χ2v) is 6.41. The Morgan fingerprint density at radius 1 is 1.48 bits per heavy atom. The number of hydrogen-bond acceptors (Lipinski definition) is 4. The second-order valence-electron chi connectivity index (χ2n) is 5.55. The van der Waals surface area contributed by atoms with E-state index in [1.807, 2.05) is 12.1 Å². The van der Waals surface area contributed by atoms with Crippen molar-refractivity contribution in [2.24, 2.45) is 13.0 Å². The maximum absolute atomic E-state index is 11.2. The van der Waals surface area contributed by atoms with E-state index in [0.29, 0.717) is 29.7 Å². The van der Waals surface area contributed by atoms with Gasteiger partial charge < -0.3 is 14.6 Å². The van der Waals surface area contributed by atoms with Gasteiger partial charge in [-0.25, -0.2) is 4.79 Å². The Morgan fingerprint density at radius 2 is 2.22 bits per heavy atom. The van der Waals surface area contributed by atoms with Crippen LogP contribution >= 0.6 is 15.9 Å². The van der Waals surface area contributed by atoms with Crippen molar-refractivity contribution >= 4 is 21.9 Å². The summed E-state index contributed by atoms with van der Waals surface area (Å²) in [6.45, 7) is 0.628. The highest BCUT2D eigenvalue weighted by Gasteiger charge is 2.26. The molecule has 0 radical (unpaired) electrons. The van der Waals surface area contributed by atoms with E-state index in [4.69, 9.17) is 14.6 Å². The van der Waals surface area contributed by atoms with Gasteiger partial charge in [-0.2, -0.15) is 5.10 Å². The fourth-order valence-electron chi connectivity index (χ4n) is 2.37. The molecule has 0 saturated heterocycles. The number of rotatable bonds is 6. The molecule has 0 aliphatic heterocycles. The number of aromatic carboxylic acids is 1. The van der Waals surface area contributed by atoms with Gasteiger partial charge in [0.05, 0.1) is 25.0 Å². The highest BCUT2D eigenvalue weighted by atomic mass is 79.9. The molecule has 1 aromatic carbocycles. The molecule has 1 aromatic heterocycles. The van der Waals surface area contributed by atoms with E-state index >= 15 is 0 Å². The van der Waals surface area contributed by atoms with Crippen LogP contribution in [-0.2, 0) is 7.05 Å². The minimum Gasteiger partial charge on any atom is -0.493 e. The lowest BCUT2D eigenvalue weighted by Gasteiger charge is -2.16. The molecule has 1 aliphatic rings. The first-order valence-electron chi connectivity index (χ1n) is 7.28. The third-order valence-electron chi connectivity index (χ3n) is 3.81. The Hall–Kier alpha value is -2.02. The third-order valence-corrected chi connectivity index (χ3v) is 4.47. The molecule has 0 unspecified atom stereocenters. The van der Waals surface area contributed by atoms with Crippen molar-refractivity contribution in [3.8, 4) is 22.8 Å². The number of hydrogen-bond donors (Lipinski definition) is 1. The second kappa shape index (κ2) is 6.23. The summed E-state index contributed by atoms with van der Waals surface area (Å²) in [4.78, 5) is 11.2. The standard InChI is InChI=1S/C16H17BrN2O4/c1-19-12(7-11(18-19)16(20)21)14-10(17)5-6-13(22-2)15(14)23-8-9-3-4-9/h5-7,9H,3-4,8H2,1-2H3,(H,20,21). The van der Waals surface area contributed by atoms with E-state index in [2.05, 4.69) is 21.0 Å². The van der Waals surface area contributed by atoms with Gasteiger partial charge in [-0.05, 0) is 52.9 Å². The fraction of sp³-hybridized carbons (Fsp3) is 0.375. The maximum Gasteiger partial charge on any atom is 0.356 e. The first-order valence-corrected chi connectivity index (χ1v) is 8.07. The van der Waals surface area contributed by atoms with Crippen molar-refractivity contribution in [3.63, 3.8) is 0 Å². The number of benzene rings is 1. The van der Waals surface area contributed by atoms with Crippen LogP contribution in [0.4, 0.5) is 0 Å². The van der Waals surface area contributed by atoms with Crippen LogP contribution in [0.1, 0.15) is 23.3 Å². The van der Waals surface area contributed by atoms with E-state index < -0.39 is 5.97 Å². The summed E-state index contributed by atoms with van der Waals surface area (Å²) in [5.74, 6) is 0.745. The van der Waals surface area contributed by atoms with Gasteiger partial charge in [0.1, 0.15) is 0 Å². The van der Waals surface area contributed by atoms with E-state index in [0.717, 1.165) is 10.0 Å². The highest BCUT2D eigenvalue weighted by Crippen LogP contribution is 2.44. The van der Waals surface area contributed by atoms with Crippen LogP contribution in [0, 0.1) is 5.92 Å². The molecule has 3 rings (SSSR count). The molecule has 7 heteroatoms. The molecule has 1 aliphatic carbocycles. The van der Waals surface area contributed by atoms with Crippen molar-refractivity contribution in [1.82, 2.24) is 9.78 Å². The molecule has 1 fully saturated rings. The van der Waals surface area contributed by atoms with Crippen molar-refractivity contribution in [2.75, 3.05) is 13.7 Å². The van der Waals surface area contributed by atoms with E-state index in [-0.39, 0.29) is 5.69 Å². The largest absolute Gasteiger partial charge is 0.493 e. The number of aryl methyl sites for hydroxylation is 1. The van der Waals surface area contributed by atoms with Gasteiger partial charge in [-0.15, -0.1) is 0 Å². The van der Waals surface area contributed by atoms with E-state index in [1.54, 1.807) is 14.2 Å². The zero-order valence-electron chi connectivity index (χ0n) is 12.9. The number of carboxylic acid groups (broad SMARTS) is 1. The van der Waals surface area contributed by atoms with Crippen LogP contribution in [0.3, 0.4) is 0 Å². The zero-order valence-corrected chi connectivity index (χ0v) is 14.5. The normalized spacial score (nSPS) is 13.9. The molecular weight excluding hydrogens is 364 g/mol. The predicted molar refractivity (Wildman–Crippen MR) is 88.1 cm³/mol. The Labute approximate surface area is 142 Å². The van der Waals surface area contributed by atoms with Crippen LogP contribution in [0.5, 0.6) is 11.5 Å². The van der Waals surface area contributed by atoms with E-state index in [9.17, 15) is 4.79 Å². The average Bonchev–Trinajstić information content (AvgIpc) is 3.27. The van der Waals surface area contributed by atoms with Gasteiger partial charge >= 0.3 is 5.97 Å². The summed E-state index contributed by atoms with van der Waals surface area (Å²) < 4.78 is 13.7. The molecule has 1 heterocycles. The van der Waals surface area contributed by atoms with Gasteiger partial charge in [-0.3, -0.25) is 4.68 Å². The number of carboxylic acids is 1. The Kier molecular flexibility index (Phi) is 4.30. The summed E-state index contributed by atoms with van der Waals surface area (Å²) in [6, 6.07) is 5.21. The van der Waals surface area contributed by atoms with E-state index in [1.165, 1.54) is 23.6 Å². The first-order chi connectivity index (χ1) is 11.0. The zero-order chi connectivity index (χ0) is 16.6. The van der Waals surface area contributed by atoms with Crippen molar-refractivity contribution in [2.45, 2.75) is 12.8 Å². The summed E-state index contributed by atoms with van der Waals surface area (Å²) >= 11 is 3.53. The highest BCUT2D eigenvalue weighted by molar-refractivity contribution is 9.10. The predicted octanol–water partition coefficient (Wildman–Crippen LogP) is 3.35. The number of carbonyl (C=O) groups is 1. The Balaban J connectivity index is 2.10. The molecule has 122 valence electrons. The van der Waals surface area contributed by atoms with Gasteiger partial charge in [0.15, 0.2) is 17.2 Å². The van der Waals surface area contributed by atoms with Crippen LogP contribution in [0.15, 0.2) is 22.7 Å². The molecule has 0 amide bonds. The van der Waals surface area contributed by atoms with Crippen molar-refractivity contribution in [1.29, 1.82) is 0 Å². The molecule has 0 atom stereocenters. The molecule has 1 N–H and O–H groups in total. The summed E-state index contributed by atoms with van der Waals surface area (Å²) in [6.07, 6.45) is 2.36. The van der Waals surface area contributed by atoms with Crippen LogP contribution in [-0.4, -0.2) is 34.6 Å². The van der Waals surface area contributed by atoms with Crippen LogP contribution in [0.2, 0.25) is 0 Å². The molecule has 6 nitrogen and oxygen atoms in total. The number of nitrogens with zero attached hydrogens (tertiary/aromatic N) is 2. The fourth-order valence-corrected chi connectivity index (χ4v) is 2.89. The molecule has 0 spiro atoms. The molecular formula is C16H17BrN2O4. The monoisotopic (exact) mass is 380 g/mol. The number of ether oxygens (including phenoxy) is 2.